The predicted molar refractivity (Wildman–Crippen MR) is 160 cm³/mol. The molecule has 2 unspecified atom stereocenters. The molecule has 1 saturated carbocycles. The quantitative estimate of drug-likeness (QED) is 0.329. The van der Waals surface area contributed by atoms with Crippen LogP contribution in [0.3, 0.4) is 0 Å². The van der Waals surface area contributed by atoms with Crippen LogP contribution in [0.2, 0.25) is 0 Å². The Bertz CT molecular complexity index is 1250. The van der Waals surface area contributed by atoms with E-state index in [-0.39, 0.29) is 17.2 Å². The molecule has 0 spiro atoms. The van der Waals surface area contributed by atoms with Crippen molar-refractivity contribution < 1.29 is 9.59 Å². The van der Waals surface area contributed by atoms with E-state index in [0.717, 1.165) is 62.6 Å². The van der Waals surface area contributed by atoms with Crippen LogP contribution in [-0.2, 0) is 9.59 Å². The number of ketones is 1. The van der Waals surface area contributed by atoms with E-state index in [9.17, 15) is 9.59 Å². The summed E-state index contributed by atoms with van der Waals surface area (Å²) in [6, 6.07) is 8.79. The summed E-state index contributed by atoms with van der Waals surface area (Å²) >= 11 is 0. The van der Waals surface area contributed by atoms with Crippen molar-refractivity contribution in [1.82, 2.24) is 5.32 Å². The molecule has 1 aromatic rings. The fourth-order valence-corrected chi connectivity index (χ4v) is 7.16. The Kier molecular flexibility index (Phi) is 8.54. The number of carbonyl (C=O) groups excluding carboxylic acids is 2. The zero-order chi connectivity index (χ0) is 27.4. The Morgan fingerprint density at radius 1 is 1.03 bits per heavy atom. The molecule has 4 aliphatic carbocycles. The van der Waals surface area contributed by atoms with Crippen LogP contribution in [0.1, 0.15) is 102 Å². The molecule has 1 aromatic carbocycles. The predicted octanol–water partition coefficient (Wildman–Crippen LogP) is 8.59. The van der Waals surface area contributed by atoms with Gasteiger partial charge in [-0.1, -0.05) is 67.1 Å². The van der Waals surface area contributed by atoms with Crippen molar-refractivity contribution in [2.45, 2.75) is 97.3 Å². The van der Waals surface area contributed by atoms with Gasteiger partial charge in [-0.25, -0.2) is 0 Å². The van der Waals surface area contributed by atoms with Crippen LogP contribution < -0.4 is 5.32 Å². The summed E-state index contributed by atoms with van der Waals surface area (Å²) in [6.07, 6.45) is 23.9. The first-order chi connectivity index (χ1) is 18.8. The molecule has 5 rings (SSSR count). The molecule has 0 aromatic heterocycles. The molecule has 0 radical (unpaired) electrons. The lowest BCUT2D eigenvalue weighted by molar-refractivity contribution is -0.122. The van der Waals surface area contributed by atoms with Crippen molar-refractivity contribution in [3.63, 3.8) is 0 Å². The molecule has 2 atom stereocenters. The number of aryl methyl sites for hydroxylation is 1. The van der Waals surface area contributed by atoms with Gasteiger partial charge in [-0.05, 0) is 118 Å². The molecular formula is C36H45NO2. The van der Waals surface area contributed by atoms with Crippen molar-refractivity contribution in [3.8, 4) is 0 Å². The van der Waals surface area contributed by atoms with Crippen molar-refractivity contribution >= 4 is 11.7 Å². The highest BCUT2D eigenvalue weighted by atomic mass is 16.1. The van der Waals surface area contributed by atoms with Gasteiger partial charge in [0.2, 0.25) is 0 Å². The van der Waals surface area contributed by atoms with E-state index in [2.05, 4.69) is 74.7 Å². The Hall–Kier alpha value is -2.94. The highest BCUT2D eigenvalue weighted by Gasteiger charge is 2.31. The number of hydrogen-bond acceptors (Lipinski definition) is 2. The summed E-state index contributed by atoms with van der Waals surface area (Å²) in [4.78, 5) is 26.5. The average Bonchev–Trinajstić information content (AvgIpc) is 3.57. The third-order valence-electron chi connectivity index (χ3n) is 9.63. The highest BCUT2D eigenvalue weighted by molar-refractivity contribution is 5.96. The van der Waals surface area contributed by atoms with Gasteiger partial charge in [-0.2, -0.15) is 0 Å². The first kappa shape index (κ1) is 27.6. The standard InChI is InChI=1S/C36H45NO2/c1-25-12-13-30(23-25)35(39)37-33-24-29(34(38)11-8-22-36(3)20-6-7-21-36)18-19-32(33)28-16-14-27(15-17-28)31-10-5-4-9-26(31)2/h4-6,9-10,12-13,19-20,24,27-29H,7-8,11,14-18,21-23H2,1-3H3,(H,37,39). The van der Waals surface area contributed by atoms with E-state index in [1.807, 2.05) is 12.2 Å². The number of allylic oxidation sites excluding steroid dienone is 8. The molecule has 0 saturated heterocycles. The third-order valence-corrected chi connectivity index (χ3v) is 9.63. The molecule has 3 nitrogen and oxygen atoms in total. The topological polar surface area (TPSA) is 46.2 Å². The van der Waals surface area contributed by atoms with E-state index < -0.39 is 0 Å². The van der Waals surface area contributed by atoms with Crippen LogP contribution >= 0.6 is 0 Å². The highest BCUT2D eigenvalue weighted by Crippen LogP contribution is 2.43. The molecular weight excluding hydrogens is 478 g/mol. The van der Waals surface area contributed by atoms with E-state index in [0.29, 0.717) is 30.5 Å². The Morgan fingerprint density at radius 3 is 2.49 bits per heavy atom. The maximum atomic E-state index is 13.3. The van der Waals surface area contributed by atoms with Gasteiger partial charge < -0.3 is 5.32 Å². The summed E-state index contributed by atoms with van der Waals surface area (Å²) in [5.74, 6) is 1.18. The fourth-order valence-electron chi connectivity index (χ4n) is 7.16. The summed E-state index contributed by atoms with van der Waals surface area (Å²) in [5.41, 5.74) is 7.29. The first-order valence-electron chi connectivity index (χ1n) is 15.2. The van der Waals surface area contributed by atoms with Crippen LogP contribution in [0.4, 0.5) is 0 Å². The maximum Gasteiger partial charge on any atom is 0.251 e. The number of nitrogens with one attached hydrogen (secondary N) is 1. The molecule has 39 heavy (non-hydrogen) atoms. The lowest BCUT2D eigenvalue weighted by Crippen LogP contribution is -2.31. The number of rotatable bonds is 9. The van der Waals surface area contributed by atoms with Gasteiger partial charge in [-0.3, -0.25) is 9.59 Å². The second-order valence-corrected chi connectivity index (χ2v) is 12.7. The molecule has 1 N–H and O–H groups in total. The number of carbonyl (C=O) groups is 2. The molecule has 0 aliphatic heterocycles. The van der Waals surface area contributed by atoms with Crippen LogP contribution in [-0.4, -0.2) is 11.7 Å². The van der Waals surface area contributed by atoms with Gasteiger partial charge in [-0.15, -0.1) is 0 Å². The molecule has 3 heteroatoms. The number of amides is 1. The zero-order valence-corrected chi connectivity index (χ0v) is 24.1. The summed E-state index contributed by atoms with van der Waals surface area (Å²) in [5, 5.41) is 3.26. The molecule has 1 fully saturated rings. The van der Waals surface area contributed by atoms with E-state index in [1.165, 1.54) is 28.7 Å². The van der Waals surface area contributed by atoms with Crippen molar-refractivity contribution in [2.24, 2.45) is 17.3 Å². The Labute approximate surface area is 235 Å². The van der Waals surface area contributed by atoms with Crippen molar-refractivity contribution in [2.75, 3.05) is 0 Å². The third kappa shape index (κ3) is 6.62. The lowest BCUT2D eigenvalue weighted by Gasteiger charge is -2.34. The van der Waals surface area contributed by atoms with Crippen LogP contribution in [0, 0.1) is 24.2 Å². The average molecular weight is 524 g/mol. The minimum Gasteiger partial charge on any atom is -0.322 e. The van der Waals surface area contributed by atoms with E-state index >= 15 is 0 Å². The second-order valence-electron chi connectivity index (χ2n) is 12.7. The SMILES string of the molecule is CC1=CC=C(C(=O)NC2=CC(C(=O)CCCC3(C)C=CCC3)CC=C2C2CCC(c3ccccc3C)CC2)C1. The maximum absolute atomic E-state index is 13.3. The minimum atomic E-state index is -0.142. The minimum absolute atomic E-state index is 0.0251. The fraction of sp³-hybridized carbons (Fsp3) is 0.500. The molecule has 0 heterocycles. The Morgan fingerprint density at radius 2 is 1.79 bits per heavy atom. The first-order valence-corrected chi connectivity index (χ1v) is 15.2. The Balaban J connectivity index is 1.26. The van der Waals surface area contributed by atoms with E-state index in [1.54, 1.807) is 0 Å². The van der Waals surface area contributed by atoms with Crippen molar-refractivity contribution in [1.29, 1.82) is 0 Å². The number of hydrogen-bond donors (Lipinski definition) is 1. The number of benzene rings is 1. The molecule has 1 amide bonds. The van der Waals surface area contributed by atoms with Crippen LogP contribution in [0.5, 0.6) is 0 Å². The van der Waals surface area contributed by atoms with Crippen LogP contribution in [0.15, 0.2) is 83.1 Å². The summed E-state index contributed by atoms with van der Waals surface area (Å²) < 4.78 is 0. The molecule has 4 aliphatic rings. The summed E-state index contributed by atoms with van der Waals surface area (Å²) in [6.45, 7) is 6.59. The van der Waals surface area contributed by atoms with Gasteiger partial charge in [0.25, 0.3) is 5.91 Å². The summed E-state index contributed by atoms with van der Waals surface area (Å²) in [7, 11) is 0. The lowest BCUT2D eigenvalue weighted by atomic mass is 9.73. The monoisotopic (exact) mass is 523 g/mol. The zero-order valence-electron chi connectivity index (χ0n) is 24.1. The largest absolute Gasteiger partial charge is 0.322 e. The smallest absolute Gasteiger partial charge is 0.251 e. The number of Topliss-reactive ketones (excluding diaryl/α,β-unsaturated/α-hetero) is 1. The van der Waals surface area contributed by atoms with Gasteiger partial charge in [0.05, 0.1) is 0 Å². The van der Waals surface area contributed by atoms with Gasteiger partial charge >= 0.3 is 0 Å². The van der Waals surface area contributed by atoms with Gasteiger partial charge in [0.15, 0.2) is 0 Å². The van der Waals surface area contributed by atoms with Crippen LogP contribution in [0.25, 0.3) is 0 Å². The second kappa shape index (κ2) is 12.1. The molecule has 0 bridgehead atoms. The van der Waals surface area contributed by atoms with Gasteiger partial charge in [0.1, 0.15) is 5.78 Å². The normalized spacial score (nSPS) is 28.4. The molecule has 206 valence electrons. The van der Waals surface area contributed by atoms with E-state index in [4.69, 9.17) is 0 Å². The van der Waals surface area contributed by atoms with Crippen molar-refractivity contribution in [3.05, 3.63) is 94.3 Å². The van der Waals surface area contributed by atoms with Gasteiger partial charge in [0, 0.05) is 23.6 Å².